The summed E-state index contributed by atoms with van der Waals surface area (Å²) in [5, 5.41) is 15.3. The molecule has 1 aliphatic carbocycles. The van der Waals surface area contributed by atoms with E-state index in [-0.39, 0.29) is 16.4 Å². The van der Waals surface area contributed by atoms with Crippen molar-refractivity contribution < 1.29 is 9.31 Å². The number of nitrogens with zero attached hydrogens (tertiary/aromatic N) is 3. The first kappa shape index (κ1) is 14.3. The number of aryl methyl sites for hydroxylation is 1. The van der Waals surface area contributed by atoms with Gasteiger partial charge in [-0.15, -0.1) is 0 Å². The Morgan fingerprint density at radius 2 is 2.00 bits per heavy atom. The molecule has 0 unspecified atom stereocenters. The molecule has 5 nitrogen and oxygen atoms in total. The molecule has 0 fully saturated rings. The summed E-state index contributed by atoms with van der Waals surface area (Å²) in [6.07, 6.45) is 3.57. The number of benzene rings is 1. The summed E-state index contributed by atoms with van der Waals surface area (Å²) in [5.41, 5.74) is 1.27. The SMILES string of the molecule is O=[N+]([O-])c1cc(-n2nc3c(c2Cl)CCCC3)c(F)cc1Cl. The highest BCUT2D eigenvalue weighted by molar-refractivity contribution is 6.32. The second-order valence-electron chi connectivity index (χ2n) is 4.85. The Kier molecular flexibility index (Phi) is 3.59. The molecule has 110 valence electrons. The number of nitro groups is 1. The summed E-state index contributed by atoms with van der Waals surface area (Å²) >= 11 is 11.9. The van der Waals surface area contributed by atoms with Gasteiger partial charge in [0, 0.05) is 17.7 Å². The highest BCUT2D eigenvalue weighted by Crippen LogP contribution is 2.34. The molecule has 1 aromatic heterocycles. The van der Waals surface area contributed by atoms with Crippen LogP contribution in [0.5, 0.6) is 0 Å². The highest BCUT2D eigenvalue weighted by Gasteiger charge is 2.24. The van der Waals surface area contributed by atoms with Gasteiger partial charge in [0.1, 0.15) is 15.9 Å². The Morgan fingerprint density at radius 1 is 1.29 bits per heavy atom. The molecular formula is C13H10Cl2FN3O2. The van der Waals surface area contributed by atoms with Crippen molar-refractivity contribution in [2.24, 2.45) is 0 Å². The van der Waals surface area contributed by atoms with Gasteiger partial charge in [0.25, 0.3) is 5.69 Å². The van der Waals surface area contributed by atoms with Gasteiger partial charge in [-0.2, -0.15) is 5.10 Å². The van der Waals surface area contributed by atoms with Crippen LogP contribution in [0.2, 0.25) is 10.2 Å². The Balaban J connectivity index is 2.19. The predicted octanol–water partition coefficient (Wildman–Crippen LogP) is 4.11. The third-order valence-corrected chi connectivity index (χ3v) is 4.23. The van der Waals surface area contributed by atoms with Crippen LogP contribution in [-0.2, 0) is 12.8 Å². The average Bonchev–Trinajstić information content (AvgIpc) is 2.76. The molecule has 0 amide bonds. The third kappa shape index (κ3) is 2.38. The molecule has 3 rings (SSSR count). The molecule has 0 saturated heterocycles. The lowest BCUT2D eigenvalue weighted by Crippen LogP contribution is -2.03. The van der Waals surface area contributed by atoms with Crippen molar-refractivity contribution in [2.75, 3.05) is 0 Å². The molecule has 0 N–H and O–H groups in total. The molecule has 0 saturated carbocycles. The Hall–Kier alpha value is -1.66. The molecule has 0 bridgehead atoms. The Morgan fingerprint density at radius 3 is 2.67 bits per heavy atom. The summed E-state index contributed by atoms with van der Waals surface area (Å²) in [6.45, 7) is 0. The molecular weight excluding hydrogens is 320 g/mol. The fourth-order valence-corrected chi connectivity index (χ4v) is 3.05. The van der Waals surface area contributed by atoms with E-state index < -0.39 is 10.7 Å². The number of hydrogen-bond donors (Lipinski definition) is 0. The van der Waals surface area contributed by atoms with E-state index in [1.807, 2.05) is 0 Å². The first-order valence-corrected chi connectivity index (χ1v) is 7.14. The number of fused-ring (bicyclic) bond motifs is 1. The van der Waals surface area contributed by atoms with E-state index >= 15 is 0 Å². The maximum absolute atomic E-state index is 14.1. The van der Waals surface area contributed by atoms with E-state index in [1.165, 1.54) is 4.68 Å². The highest BCUT2D eigenvalue weighted by atomic mass is 35.5. The summed E-state index contributed by atoms with van der Waals surface area (Å²) in [7, 11) is 0. The monoisotopic (exact) mass is 329 g/mol. The summed E-state index contributed by atoms with van der Waals surface area (Å²) in [4.78, 5) is 10.3. The normalized spacial score (nSPS) is 14.0. The topological polar surface area (TPSA) is 61.0 Å². The Bertz CT molecular complexity index is 746. The van der Waals surface area contributed by atoms with Crippen molar-refractivity contribution in [3.63, 3.8) is 0 Å². The predicted molar refractivity (Wildman–Crippen MR) is 76.8 cm³/mol. The minimum atomic E-state index is -0.702. The number of nitro benzene ring substituents is 1. The van der Waals surface area contributed by atoms with Crippen LogP contribution in [0.4, 0.5) is 10.1 Å². The lowest BCUT2D eigenvalue weighted by molar-refractivity contribution is -0.384. The second-order valence-corrected chi connectivity index (χ2v) is 5.61. The van der Waals surface area contributed by atoms with Crippen molar-refractivity contribution >= 4 is 28.9 Å². The van der Waals surface area contributed by atoms with Crippen molar-refractivity contribution in [1.29, 1.82) is 0 Å². The molecule has 1 heterocycles. The van der Waals surface area contributed by atoms with E-state index in [0.29, 0.717) is 5.15 Å². The molecule has 8 heteroatoms. The Labute approximate surface area is 129 Å². The van der Waals surface area contributed by atoms with Crippen LogP contribution < -0.4 is 0 Å². The van der Waals surface area contributed by atoms with Gasteiger partial charge >= 0.3 is 0 Å². The van der Waals surface area contributed by atoms with Gasteiger partial charge in [0.15, 0.2) is 5.82 Å². The first-order chi connectivity index (χ1) is 9.99. The van der Waals surface area contributed by atoms with Crippen LogP contribution >= 0.6 is 23.2 Å². The van der Waals surface area contributed by atoms with E-state index in [0.717, 1.165) is 49.1 Å². The fraction of sp³-hybridized carbons (Fsp3) is 0.308. The maximum Gasteiger partial charge on any atom is 0.290 e. The van der Waals surface area contributed by atoms with Gasteiger partial charge in [-0.05, 0) is 25.7 Å². The van der Waals surface area contributed by atoms with Gasteiger partial charge in [-0.1, -0.05) is 23.2 Å². The van der Waals surface area contributed by atoms with Gasteiger partial charge < -0.3 is 0 Å². The van der Waals surface area contributed by atoms with Crippen LogP contribution in [0.15, 0.2) is 12.1 Å². The van der Waals surface area contributed by atoms with Crippen molar-refractivity contribution in [3.8, 4) is 5.69 Å². The van der Waals surface area contributed by atoms with Gasteiger partial charge in [0.05, 0.1) is 10.6 Å². The second kappa shape index (κ2) is 5.27. The summed E-state index contributed by atoms with van der Waals surface area (Å²) < 4.78 is 15.3. The number of hydrogen-bond acceptors (Lipinski definition) is 3. The van der Waals surface area contributed by atoms with Crippen LogP contribution in [0.25, 0.3) is 5.69 Å². The first-order valence-electron chi connectivity index (χ1n) is 6.39. The molecule has 0 aliphatic heterocycles. The van der Waals surface area contributed by atoms with Crippen LogP contribution in [0.1, 0.15) is 24.1 Å². The van der Waals surface area contributed by atoms with Crippen molar-refractivity contribution in [2.45, 2.75) is 25.7 Å². The minimum absolute atomic E-state index is 0.0644. The van der Waals surface area contributed by atoms with Crippen LogP contribution in [0.3, 0.4) is 0 Å². The zero-order valence-corrected chi connectivity index (χ0v) is 12.3. The van der Waals surface area contributed by atoms with Crippen molar-refractivity contribution in [1.82, 2.24) is 9.78 Å². The maximum atomic E-state index is 14.1. The van der Waals surface area contributed by atoms with Gasteiger partial charge in [-0.3, -0.25) is 10.1 Å². The molecule has 2 aromatic rings. The zero-order valence-electron chi connectivity index (χ0n) is 10.8. The number of rotatable bonds is 2. The van der Waals surface area contributed by atoms with Crippen LogP contribution in [-0.4, -0.2) is 14.7 Å². The van der Waals surface area contributed by atoms with Crippen LogP contribution in [0, 0.1) is 15.9 Å². The van der Waals surface area contributed by atoms with Gasteiger partial charge in [-0.25, -0.2) is 9.07 Å². The van der Waals surface area contributed by atoms with E-state index in [1.54, 1.807) is 0 Å². The quantitative estimate of drug-likeness (QED) is 0.615. The largest absolute Gasteiger partial charge is 0.290 e. The lowest BCUT2D eigenvalue weighted by Gasteiger charge is -2.08. The smallest absolute Gasteiger partial charge is 0.258 e. The molecule has 21 heavy (non-hydrogen) atoms. The molecule has 0 atom stereocenters. The fourth-order valence-electron chi connectivity index (χ4n) is 2.50. The number of halogens is 3. The van der Waals surface area contributed by atoms with Gasteiger partial charge in [0.2, 0.25) is 0 Å². The van der Waals surface area contributed by atoms with E-state index in [4.69, 9.17) is 23.2 Å². The average molecular weight is 330 g/mol. The standard InChI is InChI=1S/C13H10Cl2FN3O2/c14-8-5-9(16)12(6-11(8)19(20)21)18-13(15)7-3-1-2-4-10(7)17-18/h5-6H,1-4H2. The molecule has 0 radical (unpaired) electrons. The zero-order chi connectivity index (χ0) is 15.1. The molecule has 1 aromatic carbocycles. The summed E-state index contributed by atoms with van der Waals surface area (Å²) in [6, 6.07) is 1.97. The summed E-state index contributed by atoms with van der Waals surface area (Å²) in [5.74, 6) is -0.702. The molecule has 0 spiro atoms. The van der Waals surface area contributed by atoms with Crippen molar-refractivity contribution in [3.05, 3.63) is 49.5 Å². The molecule has 1 aliphatic rings. The number of aromatic nitrogens is 2. The van der Waals surface area contributed by atoms with E-state index in [2.05, 4.69) is 5.10 Å². The lowest BCUT2D eigenvalue weighted by atomic mass is 9.99. The minimum Gasteiger partial charge on any atom is -0.258 e. The third-order valence-electron chi connectivity index (χ3n) is 3.54. The van der Waals surface area contributed by atoms with E-state index in [9.17, 15) is 14.5 Å².